The number of ether oxygens (including phenoxy) is 1. The Bertz CT molecular complexity index is 889. The number of hydrogen-bond acceptors (Lipinski definition) is 3. The third-order valence-electron chi connectivity index (χ3n) is 3.89. The van der Waals surface area contributed by atoms with Crippen LogP contribution in [-0.4, -0.2) is 21.8 Å². The Morgan fingerprint density at radius 1 is 1.11 bits per heavy atom. The first-order chi connectivity index (χ1) is 12.8. The molecule has 1 heterocycles. The molecular formula is C19H16F3N3O2. The summed E-state index contributed by atoms with van der Waals surface area (Å²) >= 11 is 0. The molecule has 3 aromatic rings. The molecule has 3 rings (SSSR count). The van der Waals surface area contributed by atoms with Crippen LogP contribution in [0, 0.1) is 0 Å². The summed E-state index contributed by atoms with van der Waals surface area (Å²) in [5, 5.41) is 2.81. The second-order valence-corrected chi connectivity index (χ2v) is 5.83. The van der Waals surface area contributed by atoms with Gasteiger partial charge in [-0.05, 0) is 48.9 Å². The summed E-state index contributed by atoms with van der Waals surface area (Å²) in [4.78, 5) is 16.3. The largest absolute Gasteiger partial charge is 0.573 e. The zero-order chi connectivity index (χ0) is 19.4. The van der Waals surface area contributed by atoms with Crippen LogP contribution in [0.1, 0.15) is 28.9 Å². The lowest BCUT2D eigenvalue weighted by Gasteiger charge is -2.15. The Labute approximate surface area is 153 Å². The minimum atomic E-state index is -4.76. The normalized spacial score (nSPS) is 12.4. The van der Waals surface area contributed by atoms with Crippen molar-refractivity contribution in [3.05, 3.63) is 78.4 Å². The number of carbonyl (C=O) groups is 1. The molecule has 0 bridgehead atoms. The lowest BCUT2D eigenvalue weighted by Crippen LogP contribution is -2.26. The van der Waals surface area contributed by atoms with Gasteiger partial charge in [-0.2, -0.15) is 0 Å². The number of halogens is 3. The van der Waals surface area contributed by atoms with E-state index >= 15 is 0 Å². The van der Waals surface area contributed by atoms with Crippen molar-refractivity contribution in [3.63, 3.8) is 0 Å². The van der Waals surface area contributed by atoms with Gasteiger partial charge in [0, 0.05) is 23.6 Å². The van der Waals surface area contributed by atoms with Gasteiger partial charge in [0.1, 0.15) is 5.75 Å². The molecule has 0 spiro atoms. The quantitative estimate of drug-likeness (QED) is 0.725. The van der Waals surface area contributed by atoms with Crippen LogP contribution in [-0.2, 0) is 0 Å². The first-order valence-electron chi connectivity index (χ1n) is 8.07. The van der Waals surface area contributed by atoms with Gasteiger partial charge in [-0.3, -0.25) is 4.79 Å². The van der Waals surface area contributed by atoms with E-state index in [1.807, 2.05) is 42.0 Å². The monoisotopic (exact) mass is 375 g/mol. The molecule has 0 aliphatic rings. The summed E-state index contributed by atoms with van der Waals surface area (Å²) in [6, 6.07) is 12.1. The Hall–Kier alpha value is -3.29. The molecule has 1 amide bonds. The first-order valence-corrected chi connectivity index (χ1v) is 8.07. The molecule has 2 aromatic carbocycles. The summed E-state index contributed by atoms with van der Waals surface area (Å²) in [5.74, 6) is -0.762. The number of amides is 1. The minimum Gasteiger partial charge on any atom is -0.406 e. The van der Waals surface area contributed by atoms with Crippen molar-refractivity contribution >= 4 is 5.91 Å². The number of nitrogens with one attached hydrogen (secondary N) is 1. The molecule has 0 saturated heterocycles. The molecule has 0 saturated carbocycles. The highest BCUT2D eigenvalue weighted by atomic mass is 19.4. The van der Waals surface area contributed by atoms with Gasteiger partial charge >= 0.3 is 6.36 Å². The highest BCUT2D eigenvalue weighted by molar-refractivity contribution is 5.94. The Kier molecular flexibility index (Phi) is 5.16. The Morgan fingerprint density at radius 3 is 2.33 bits per heavy atom. The van der Waals surface area contributed by atoms with Crippen LogP contribution < -0.4 is 10.1 Å². The highest BCUT2D eigenvalue weighted by Crippen LogP contribution is 2.23. The molecule has 1 aromatic heterocycles. The summed E-state index contributed by atoms with van der Waals surface area (Å²) in [5.41, 5.74) is 2.07. The minimum absolute atomic E-state index is 0.242. The van der Waals surface area contributed by atoms with Gasteiger partial charge in [0.2, 0.25) is 0 Å². The number of alkyl halides is 3. The molecule has 0 fully saturated rings. The van der Waals surface area contributed by atoms with Crippen LogP contribution in [0.2, 0.25) is 0 Å². The molecular weight excluding hydrogens is 359 g/mol. The van der Waals surface area contributed by atoms with E-state index in [1.54, 1.807) is 12.5 Å². The predicted molar refractivity (Wildman–Crippen MR) is 92.6 cm³/mol. The number of rotatable bonds is 5. The zero-order valence-corrected chi connectivity index (χ0v) is 14.3. The molecule has 1 atom stereocenters. The maximum absolute atomic E-state index is 12.3. The van der Waals surface area contributed by atoms with Gasteiger partial charge in [0.05, 0.1) is 12.4 Å². The lowest BCUT2D eigenvalue weighted by atomic mass is 10.1. The SMILES string of the molecule is CC(NC(=O)c1ccc(OC(F)(F)F)cc1)c1ccc(-n2ccnc2)cc1. The van der Waals surface area contributed by atoms with Crippen LogP contribution >= 0.6 is 0 Å². The van der Waals surface area contributed by atoms with Crippen molar-refractivity contribution in [2.75, 3.05) is 0 Å². The smallest absolute Gasteiger partial charge is 0.406 e. The average Bonchev–Trinajstić information content (AvgIpc) is 3.15. The fourth-order valence-corrected chi connectivity index (χ4v) is 2.52. The van der Waals surface area contributed by atoms with Gasteiger partial charge < -0.3 is 14.6 Å². The molecule has 1 unspecified atom stereocenters. The van der Waals surface area contributed by atoms with E-state index in [1.165, 1.54) is 12.1 Å². The van der Waals surface area contributed by atoms with Crippen LogP contribution in [0.4, 0.5) is 13.2 Å². The van der Waals surface area contributed by atoms with Crippen molar-refractivity contribution in [2.45, 2.75) is 19.3 Å². The zero-order valence-electron chi connectivity index (χ0n) is 14.3. The van der Waals surface area contributed by atoms with Gasteiger partial charge in [-0.1, -0.05) is 12.1 Å². The van der Waals surface area contributed by atoms with E-state index in [0.717, 1.165) is 23.4 Å². The molecule has 8 heteroatoms. The Balaban J connectivity index is 1.63. The fourth-order valence-electron chi connectivity index (χ4n) is 2.52. The van der Waals surface area contributed by atoms with Gasteiger partial charge in [-0.25, -0.2) is 4.98 Å². The Morgan fingerprint density at radius 2 is 1.78 bits per heavy atom. The number of benzene rings is 2. The van der Waals surface area contributed by atoms with E-state index in [9.17, 15) is 18.0 Å². The molecule has 0 aliphatic heterocycles. The van der Waals surface area contributed by atoms with Crippen LogP contribution in [0.3, 0.4) is 0 Å². The van der Waals surface area contributed by atoms with E-state index < -0.39 is 6.36 Å². The van der Waals surface area contributed by atoms with Crippen LogP contribution in [0.5, 0.6) is 5.75 Å². The molecule has 5 nitrogen and oxygen atoms in total. The van der Waals surface area contributed by atoms with Crippen LogP contribution in [0.25, 0.3) is 5.69 Å². The van der Waals surface area contributed by atoms with E-state index in [2.05, 4.69) is 15.0 Å². The van der Waals surface area contributed by atoms with Gasteiger partial charge in [0.25, 0.3) is 5.91 Å². The first kappa shape index (κ1) is 18.5. The predicted octanol–water partition coefficient (Wildman–Crippen LogP) is 4.26. The van der Waals surface area contributed by atoms with Gasteiger partial charge in [-0.15, -0.1) is 13.2 Å². The topological polar surface area (TPSA) is 56.1 Å². The average molecular weight is 375 g/mol. The van der Waals surface area contributed by atoms with Crippen LogP contribution in [0.15, 0.2) is 67.3 Å². The number of aromatic nitrogens is 2. The molecule has 0 radical (unpaired) electrons. The molecule has 1 N–H and O–H groups in total. The maximum Gasteiger partial charge on any atom is 0.573 e. The third kappa shape index (κ3) is 4.87. The second-order valence-electron chi connectivity index (χ2n) is 5.83. The maximum atomic E-state index is 12.3. The second kappa shape index (κ2) is 7.53. The lowest BCUT2D eigenvalue weighted by molar-refractivity contribution is -0.274. The third-order valence-corrected chi connectivity index (χ3v) is 3.89. The van der Waals surface area contributed by atoms with Crippen molar-refractivity contribution < 1.29 is 22.7 Å². The summed E-state index contributed by atoms with van der Waals surface area (Å²) in [6.07, 6.45) is 0.432. The van der Waals surface area contributed by atoms with Crippen molar-refractivity contribution in [1.82, 2.24) is 14.9 Å². The molecule has 140 valence electrons. The molecule has 27 heavy (non-hydrogen) atoms. The van der Waals surface area contributed by atoms with Crippen molar-refractivity contribution in [2.24, 2.45) is 0 Å². The fraction of sp³-hybridized carbons (Fsp3) is 0.158. The van der Waals surface area contributed by atoms with E-state index in [4.69, 9.17) is 0 Å². The van der Waals surface area contributed by atoms with E-state index in [0.29, 0.717) is 0 Å². The van der Waals surface area contributed by atoms with Gasteiger partial charge in [0.15, 0.2) is 0 Å². The number of nitrogens with zero attached hydrogens (tertiary/aromatic N) is 2. The summed E-state index contributed by atoms with van der Waals surface area (Å²) in [6.45, 7) is 1.82. The highest BCUT2D eigenvalue weighted by Gasteiger charge is 2.31. The molecule has 0 aliphatic carbocycles. The van der Waals surface area contributed by atoms with Crippen molar-refractivity contribution in [3.8, 4) is 11.4 Å². The number of imidazole rings is 1. The standard InChI is InChI=1S/C19H16F3N3O2/c1-13(14-2-6-16(7-3-14)25-11-10-23-12-25)24-18(26)15-4-8-17(9-5-15)27-19(20,21)22/h2-13H,1H3,(H,24,26). The summed E-state index contributed by atoms with van der Waals surface area (Å²) < 4.78 is 42.2. The van der Waals surface area contributed by atoms with E-state index in [-0.39, 0.29) is 23.3 Å². The van der Waals surface area contributed by atoms with Crippen molar-refractivity contribution in [1.29, 1.82) is 0 Å². The summed E-state index contributed by atoms with van der Waals surface area (Å²) in [7, 11) is 0. The number of carbonyl (C=O) groups excluding carboxylic acids is 1. The number of hydrogen-bond donors (Lipinski definition) is 1.